The van der Waals surface area contributed by atoms with Crippen molar-refractivity contribution in [2.24, 2.45) is 0 Å². The van der Waals surface area contributed by atoms with Crippen molar-refractivity contribution < 1.29 is 32.5 Å². The molecule has 0 spiro atoms. The van der Waals surface area contributed by atoms with Crippen LogP contribution in [0.5, 0.6) is 11.5 Å². The average molecular weight is 461 g/mol. The highest BCUT2D eigenvalue weighted by Crippen LogP contribution is 2.30. The zero-order valence-corrected chi connectivity index (χ0v) is 17.9. The van der Waals surface area contributed by atoms with Gasteiger partial charge in [0, 0.05) is 24.2 Å². The normalized spacial score (nSPS) is 12.2. The molecular weight excluding hydrogens is 439 g/mol. The van der Waals surface area contributed by atoms with Gasteiger partial charge >= 0.3 is 12.3 Å². The van der Waals surface area contributed by atoms with E-state index >= 15 is 0 Å². The van der Waals surface area contributed by atoms with Crippen LogP contribution in [0.25, 0.3) is 11.3 Å². The van der Waals surface area contributed by atoms with Crippen LogP contribution in [0, 0.1) is 0 Å². The smallest absolute Gasteiger partial charge is 0.495 e. The van der Waals surface area contributed by atoms with Crippen LogP contribution < -0.4 is 14.8 Å². The highest BCUT2D eigenvalue weighted by atomic mass is 19.4. The Morgan fingerprint density at radius 3 is 2.61 bits per heavy atom. The molecule has 2 N–H and O–H groups in total. The third kappa shape index (κ3) is 6.83. The second kappa shape index (κ2) is 10.2. The Morgan fingerprint density at radius 1 is 1.18 bits per heavy atom. The minimum absolute atomic E-state index is 0.0802. The third-order valence-electron chi connectivity index (χ3n) is 4.72. The molecule has 0 amide bonds. The highest BCUT2D eigenvalue weighted by Gasteiger charge is 2.31. The van der Waals surface area contributed by atoms with Gasteiger partial charge in [-0.25, -0.2) is 9.97 Å². The Kier molecular flexibility index (Phi) is 7.37. The molecule has 3 aromatic rings. The fourth-order valence-electron chi connectivity index (χ4n) is 3.20. The molecule has 0 saturated heterocycles. The molecule has 2 heterocycles. The summed E-state index contributed by atoms with van der Waals surface area (Å²) in [6, 6.07) is 12.7. The van der Waals surface area contributed by atoms with Crippen LogP contribution in [-0.2, 0) is 11.3 Å². The van der Waals surface area contributed by atoms with E-state index in [1.807, 2.05) is 0 Å². The van der Waals surface area contributed by atoms with Gasteiger partial charge in [-0.15, -0.1) is 13.2 Å². The van der Waals surface area contributed by atoms with Gasteiger partial charge in [0.25, 0.3) is 0 Å². The Hall–Kier alpha value is -3.82. The summed E-state index contributed by atoms with van der Waals surface area (Å²) in [6.07, 6.45) is -3.22. The maximum absolute atomic E-state index is 12.4. The van der Waals surface area contributed by atoms with Gasteiger partial charge in [-0.2, -0.15) is 0 Å². The number of methoxy groups -OCH3 is 1. The maximum atomic E-state index is 12.4. The number of rotatable bonds is 9. The summed E-state index contributed by atoms with van der Waals surface area (Å²) in [5, 5.41) is 12.1. The molecule has 0 saturated carbocycles. The molecule has 0 fully saturated rings. The topological polar surface area (TPSA) is 93.6 Å². The van der Waals surface area contributed by atoms with Gasteiger partial charge in [0.2, 0.25) is 0 Å². The molecule has 174 valence electrons. The molecule has 0 radical (unpaired) electrons. The number of alkyl halides is 3. The Labute approximate surface area is 188 Å². The maximum Gasteiger partial charge on any atom is 0.573 e. The van der Waals surface area contributed by atoms with Crippen molar-refractivity contribution in [3.63, 3.8) is 0 Å². The Bertz CT molecular complexity index is 1100. The number of pyridine rings is 2. The van der Waals surface area contributed by atoms with E-state index in [1.165, 1.54) is 25.3 Å². The van der Waals surface area contributed by atoms with Crippen LogP contribution in [-0.4, -0.2) is 34.5 Å². The van der Waals surface area contributed by atoms with E-state index in [0.29, 0.717) is 34.1 Å². The van der Waals surface area contributed by atoms with Crippen LogP contribution in [0.4, 0.5) is 19.0 Å². The van der Waals surface area contributed by atoms with Gasteiger partial charge in [0.1, 0.15) is 17.3 Å². The second-order valence-electron chi connectivity index (χ2n) is 7.26. The van der Waals surface area contributed by atoms with Gasteiger partial charge in [-0.1, -0.05) is 19.1 Å². The lowest BCUT2D eigenvalue weighted by atomic mass is 10.0. The fourth-order valence-corrected chi connectivity index (χ4v) is 3.20. The minimum atomic E-state index is -4.75. The zero-order chi connectivity index (χ0) is 24.0. The first-order valence-corrected chi connectivity index (χ1v) is 9.96. The van der Waals surface area contributed by atoms with E-state index in [2.05, 4.69) is 20.0 Å². The average Bonchev–Trinajstić information content (AvgIpc) is 2.76. The number of carboxylic acids is 1. The number of halogens is 3. The summed E-state index contributed by atoms with van der Waals surface area (Å²) in [5.41, 5.74) is 2.46. The first-order valence-electron chi connectivity index (χ1n) is 9.96. The van der Waals surface area contributed by atoms with Crippen molar-refractivity contribution in [1.29, 1.82) is 0 Å². The van der Waals surface area contributed by atoms with Crippen LogP contribution in [0.1, 0.15) is 30.5 Å². The SMILES string of the molecule is COc1ccc(-c2ccc(NCc3cccc(OC(F)(F)F)c3)nc2)nc1C(C)CC(=O)O. The van der Waals surface area contributed by atoms with Gasteiger partial charge in [0.15, 0.2) is 0 Å². The first kappa shape index (κ1) is 23.8. The summed E-state index contributed by atoms with van der Waals surface area (Å²) in [5.74, 6) is -0.527. The number of nitrogens with zero attached hydrogens (tertiary/aromatic N) is 2. The molecule has 10 heteroatoms. The number of aliphatic carboxylic acids is 1. The molecule has 1 unspecified atom stereocenters. The van der Waals surface area contributed by atoms with E-state index < -0.39 is 12.3 Å². The van der Waals surface area contributed by atoms with Crippen molar-refractivity contribution >= 4 is 11.8 Å². The summed E-state index contributed by atoms with van der Waals surface area (Å²) < 4.78 is 46.4. The van der Waals surface area contributed by atoms with E-state index in [9.17, 15) is 18.0 Å². The molecule has 1 aromatic carbocycles. The van der Waals surface area contributed by atoms with Gasteiger partial charge in [-0.05, 0) is 42.0 Å². The van der Waals surface area contributed by atoms with Gasteiger partial charge < -0.3 is 19.9 Å². The number of hydrogen-bond acceptors (Lipinski definition) is 6. The third-order valence-corrected chi connectivity index (χ3v) is 4.72. The molecule has 0 bridgehead atoms. The number of nitrogens with one attached hydrogen (secondary N) is 1. The lowest BCUT2D eigenvalue weighted by molar-refractivity contribution is -0.274. The fraction of sp³-hybridized carbons (Fsp3) is 0.261. The number of carbonyl (C=O) groups is 1. The number of hydrogen-bond donors (Lipinski definition) is 2. The molecule has 1 atom stereocenters. The quantitative estimate of drug-likeness (QED) is 0.450. The largest absolute Gasteiger partial charge is 0.573 e. The molecule has 0 aliphatic rings. The zero-order valence-electron chi connectivity index (χ0n) is 17.9. The number of benzene rings is 1. The van der Waals surface area contributed by atoms with Gasteiger partial charge in [0.05, 0.1) is 24.9 Å². The molecule has 2 aromatic heterocycles. The lowest BCUT2D eigenvalue weighted by Gasteiger charge is -2.14. The van der Waals surface area contributed by atoms with Crippen molar-refractivity contribution in [3.8, 4) is 22.8 Å². The van der Waals surface area contributed by atoms with Crippen LogP contribution in [0.2, 0.25) is 0 Å². The summed E-state index contributed by atoms with van der Waals surface area (Å²) >= 11 is 0. The number of ether oxygens (including phenoxy) is 2. The standard InChI is InChI=1S/C23H22F3N3O4/c1-14(10-21(30)31)22-19(32-2)8-7-18(29-22)16-6-9-20(28-13-16)27-12-15-4-3-5-17(11-15)33-23(24,25)26/h3-9,11,13-14H,10,12H2,1-2H3,(H,27,28)(H,30,31). The molecule has 7 nitrogen and oxygen atoms in total. The van der Waals surface area contributed by atoms with Crippen molar-refractivity contribution in [3.05, 3.63) is 66.0 Å². The van der Waals surface area contributed by atoms with Crippen LogP contribution in [0.3, 0.4) is 0 Å². The Morgan fingerprint density at radius 2 is 1.97 bits per heavy atom. The predicted octanol–water partition coefficient (Wildman–Crippen LogP) is 5.24. The van der Waals surface area contributed by atoms with E-state index in [0.717, 1.165) is 0 Å². The van der Waals surface area contributed by atoms with E-state index in [-0.39, 0.29) is 24.6 Å². The van der Waals surface area contributed by atoms with Gasteiger partial charge in [-0.3, -0.25) is 4.79 Å². The Balaban J connectivity index is 1.70. The summed E-state index contributed by atoms with van der Waals surface area (Å²) in [7, 11) is 1.50. The van der Waals surface area contributed by atoms with Crippen molar-refractivity contribution in [2.45, 2.75) is 32.2 Å². The molecular formula is C23H22F3N3O4. The van der Waals surface area contributed by atoms with E-state index in [4.69, 9.17) is 9.84 Å². The molecule has 0 aliphatic heterocycles. The summed E-state index contributed by atoms with van der Waals surface area (Å²) in [6.45, 7) is 2.02. The monoisotopic (exact) mass is 461 g/mol. The minimum Gasteiger partial charge on any atom is -0.495 e. The lowest BCUT2D eigenvalue weighted by Crippen LogP contribution is -2.17. The molecule has 33 heavy (non-hydrogen) atoms. The first-order chi connectivity index (χ1) is 15.6. The van der Waals surface area contributed by atoms with Crippen LogP contribution in [0.15, 0.2) is 54.7 Å². The summed E-state index contributed by atoms with van der Waals surface area (Å²) in [4.78, 5) is 20.0. The predicted molar refractivity (Wildman–Crippen MR) is 115 cm³/mol. The van der Waals surface area contributed by atoms with Crippen molar-refractivity contribution in [1.82, 2.24) is 9.97 Å². The number of anilines is 1. The molecule has 3 rings (SSSR count). The van der Waals surface area contributed by atoms with Crippen LogP contribution >= 0.6 is 0 Å². The number of aromatic nitrogens is 2. The second-order valence-corrected chi connectivity index (χ2v) is 7.26. The highest BCUT2D eigenvalue weighted by molar-refractivity contribution is 5.68. The molecule has 0 aliphatic carbocycles. The van der Waals surface area contributed by atoms with E-state index in [1.54, 1.807) is 43.5 Å². The number of carboxylic acid groups (broad SMARTS) is 1. The van der Waals surface area contributed by atoms with Crippen molar-refractivity contribution in [2.75, 3.05) is 12.4 Å².